The number of nitrogens with zero attached hydrogens (tertiary/aromatic N) is 1. The summed E-state index contributed by atoms with van der Waals surface area (Å²) in [4.78, 5) is 25.9. The smallest absolute Gasteiger partial charge is 0.329 e. The number of hydrogen-bond acceptors (Lipinski definition) is 4. The van der Waals surface area contributed by atoms with Crippen LogP contribution in [-0.2, 0) is 11.3 Å². The molecule has 0 aromatic heterocycles. The molecule has 6 nitrogen and oxygen atoms in total. The number of halogens is 2. The second-order valence-electron chi connectivity index (χ2n) is 6.67. The molecule has 1 aliphatic heterocycles. The normalized spacial score (nSPS) is 15.2. The highest BCUT2D eigenvalue weighted by molar-refractivity contribution is 14.1. The summed E-state index contributed by atoms with van der Waals surface area (Å²) in [7, 11) is 1.54. The first-order valence-corrected chi connectivity index (χ1v) is 10.00. The minimum atomic E-state index is -0.592. The average Bonchev–Trinajstić information content (AvgIpc) is 2.92. The lowest BCUT2D eigenvalue weighted by atomic mass is 10.1. The first-order chi connectivity index (χ1) is 13.8. The van der Waals surface area contributed by atoms with Gasteiger partial charge in [-0.25, -0.2) is 9.18 Å². The molecule has 8 heteroatoms. The molecular weight excluding hydrogens is 490 g/mol. The van der Waals surface area contributed by atoms with Gasteiger partial charge in [-0.1, -0.05) is 18.2 Å². The van der Waals surface area contributed by atoms with E-state index in [1.165, 1.54) is 19.2 Å². The van der Waals surface area contributed by atoms with Gasteiger partial charge in [0.1, 0.15) is 11.5 Å². The van der Waals surface area contributed by atoms with Crippen molar-refractivity contribution in [1.82, 2.24) is 10.2 Å². The molecule has 0 radical (unpaired) electrons. The number of urea groups is 1. The maximum atomic E-state index is 13.9. The van der Waals surface area contributed by atoms with Crippen LogP contribution in [0.5, 0.6) is 11.5 Å². The number of hydrogen-bond donors (Lipinski definition) is 1. The molecule has 1 saturated heterocycles. The fourth-order valence-electron chi connectivity index (χ4n) is 2.85. The van der Waals surface area contributed by atoms with E-state index in [1.54, 1.807) is 24.3 Å². The van der Waals surface area contributed by atoms with Crippen molar-refractivity contribution in [2.75, 3.05) is 7.11 Å². The van der Waals surface area contributed by atoms with Crippen molar-refractivity contribution >= 4 is 40.6 Å². The van der Waals surface area contributed by atoms with Gasteiger partial charge < -0.3 is 14.8 Å². The molecule has 1 N–H and O–H groups in total. The largest absolute Gasteiger partial charge is 0.493 e. The Kier molecular flexibility index (Phi) is 6.41. The summed E-state index contributed by atoms with van der Waals surface area (Å²) in [6.45, 7) is 3.70. The maximum absolute atomic E-state index is 13.9. The summed E-state index contributed by atoms with van der Waals surface area (Å²) < 4.78 is 25.9. The second-order valence-corrected chi connectivity index (χ2v) is 7.83. The Labute approximate surface area is 181 Å². The van der Waals surface area contributed by atoms with Crippen LogP contribution in [0.25, 0.3) is 6.08 Å². The van der Waals surface area contributed by atoms with E-state index >= 15 is 0 Å². The van der Waals surface area contributed by atoms with Gasteiger partial charge in [0.05, 0.1) is 23.3 Å². The number of nitrogens with one attached hydrogen (secondary N) is 1. The SMILES string of the molecule is COc1cc(/C=C2\NC(=O)N(Cc3ccccc3F)C2=O)cc(I)c1OC(C)C. The van der Waals surface area contributed by atoms with Crippen molar-refractivity contribution < 1.29 is 23.5 Å². The summed E-state index contributed by atoms with van der Waals surface area (Å²) >= 11 is 2.13. The molecule has 2 aromatic rings. The van der Waals surface area contributed by atoms with Crippen molar-refractivity contribution in [3.05, 3.63) is 62.6 Å². The van der Waals surface area contributed by atoms with Crippen LogP contribution in [0, 0.1) is 9.39 Å². The highest BCUT2D eigenvalue weighted by atomic mass is 127. The predicted octanol–water partition coefficient (Wildman–Crippen LogP) is 4.32. The zero-order valence-corrected chi connectivity index (χ0v) is 18.3. The number of ether oxygens (including phenoxy) is 2. The third kappa shape index (κ3) is 4.69. The summed E-state index contributed by atoms with van der Waals surface area (Å²) in [5.74, 6) is 0.158. The quantitative estimate of drug-likeness (QED) is 0.357. The minimum absolute atomic E-state index is 0.0238. The van der Waals surface area contributed by atoms with E-state index in [9.17, 15) is 14.0 Å². The van der Waals surface area contributed by atoms with Crippen molar-refractivity contribution in [3.8, 4) is 11.5 Å². The molecule has 0 atom stereocenters. The van der Waals surface area contributed by atoms with Crippen LogP contribution in [0.1, 0.15) is 25.0 Å². The van der Waals surface area contributed by atoms with Crippen molar-refractivity contribution in [2.24, 2.45) is 0 Å². The number of methoxy groups -OCH3 is 1. The van der Waals surface area contributed by atoms with E-state index in [4.69, 9.17) is 9.47 Å². The van der Waals surface area contributed by atoms with Gasteiger partial charge in [-0.2, -0.15) is 0 Å². The molecule has 3 amide bonds. The highest BCUT2D eigenvalue weighted by Gasteiger charge is 2.34. The van der Waals surface area contributed by atoms with Crippen LogP contribution >= 0.6 is 22.6 Å². The van der Waals surface area contributed by atoms with E-state index in [-0.39, 0.29) is 23.9 Å². The van der Waals surface area contributed by atoms with E-state index in [2.05, 4.69) is 27.9 Å². The molecule has 1 heterocycles. The molecule has 3 rings (SSSR count). The first-order valence-electron chi connectivity index (χ1n) is 8.92. The predicted molar refractivity (Wildman–Crippen MR) is 115 cm³/mol. The number of carbonyl (C=O) groups is 2. The lowest BCUT2D eigenvalue weighted by Gasteiger charge is -2.16. The van der Waals surface area contributed by atoms with E-state index in [0.717, 1.165) is 8.47 Å². The Hall–Kier alpha value is -2.62. The average molecular weight is 510 g/mol. The monoisotopic (exact) mass is 510 g/mol. The van der Waals surface area contributed by atoms with Crippen LogP contribution in [0.4, 0.5) is 9.18 Å². The molecule has 0 bridgehead atoms. The number of benzene rings is 2. The Balaban J connectivity index is 1.87. The zero-order valence-electron chi connectivity index (χ0n) is 16.2. The zero-order chi connectivity index (χ0) is 21.1. The lowest BCUT2D eigenvalue weighted by molar-refractivity contribution is -0.123. The maximum Gasteiger partial charge on any atom is 0.329 e. The molecule has 0 unspecified atom stereocenters. The van der Waals surface area contributed by atoms with E-state index < -0.39 is 17.8 Å². The van der Waals surface area contributed by atoms with Gasteiger partial charge in [-0.3, -0.25) is 9.69 Å². The lowest BCUT2D eigenvalue weighted by Crippen LogP contribution is -2.30. The summed E-state index contributed by atoms with van der Waals surface area (Å²) in [6, 6.07) is 9.00. The molecule has 0 spiro atoms. The molecular formula is C21H20FIN2O4. The van der Waals surface area contributed by atoms with E-state index in [0.29, 0.717) is 17.1 Å². The standard InChI is InChI=1S/C21H20FIN2O4/c1-12(2)29-19-16(23)8-13(10-18(19)28-3)9-17-20(26)25(21(27)24-17)11-14-6-4-5-7-15(14)22/h4-10,12H,11H2,1-3H3,(H,24,27)/b17-9-. The Bertz CT molecular complexity index is 991. The summed E-state index contributed by atoms with van der Waals surface area (Å²) in [5, 5.41) is 2.55. The summed E-state index contributed by atoms with van der Waals surface area (Å²) in [6.07, 6.45) is 1.54. The second kappa shape index (κ2) is 8.81. The summed E-state index contributed by atoms with van der Waals surface area (Å²) in [5.41, 5.74) is 1.05. The highest BCUT2D eigenvalue weighted by Crippen LogP contribution is 2.35. The van der Waals surface area contributed by atoms with Gasteiger partial charge in [0.15, 0.2) is 11.5 Å². The Morgan fingerprint density at radius 2 is 1.97 bits per heavy atom. The fraction of sp³-hybridized carbons (Fsp3) is 0.238. The van der Waals surface area contributed by atoms with Crippen LogP contribution < -0.4 is 14.8 Å². The van der Waals surface area contributed by atoms with Crippen molar-refractivity contribution in [1.29, 1.82) is 0 Å². The molecule has 2 aromatic carbocycles. The number of carbonyl (C=O) groups excluding carboxylic acids is 2. The third-order valence-corrected chi connectivity index (χ3v) is 4.97. The number of imide groups is 1. The number of rotatable bonds is 6. The molecule has 0 saturated carbocycles. The van der Waals surface area contributed by atoms with Gasteiger partial charge in [0.2, 0.25) is 0 Å². The van der Waals surface area contributed by atoms with Gasteiger partial charge >= 0.3 is 6.03 Å². The van der Waals surface area contributed by atoms with Gasteiger partial charge in [0, 0.05) is 5.56 Å². The van der Waals surface area contributed by atoms with Crippen LogP contribution in [-0.4, -0.2) is 30.1 Å². The fourth-order valence-corrected chi connectivity index (χ4v) is 3.60. The van der Waals surface area contributed by atoms with Crippen LogP contribution in [0.15, 0.2) is 42.1 Å². The van der Waals surface area contributed by atoms with Gasteiger partial charge in [-0.05, 0) is 66.3 Å². The van der Waals surface area contributed by atoms with Crippen LogP contribution in [0.2, 0.25) is 0 Å². The van der Waals surface area contributed by atoms with Crippen molar-refractivity contribution in [2.45, 2.75) is 26.5 Å². The van der Waals surface area contributed by atoms with E-state index in [1.807, 2.05) is 19.9 Å². The molecule has 0 aliphatic carbocycles. The Morgan fingerprint density at radius 1 is 1.24 bits per heavy atom. The molecule has 29 heavy (non-hydrogen) atoms. The van der Waals surface area contributed by atoms with Gasteiger partial charge in [0.25, 0.3) is 5.91 Å². The third-order valence-electron chi connectivity index (χ3n) is 4.16. The molecule has 152 valence electrons. The molecule has 1 fully saturated rings. The first kappa shape index (κ1) is 21.1. The number of amides is 3. The topological polar surface area (TPSA) is 67.9 Å². The Morgan fingerprint density at radius 3 is 2.62 bits per heavy atom. The van der Waals surface area contributed by atoms with Crippen molar-refractivity contribution in [3.63, 3.8) is 0 Å². The minimum Gasteiger partial charge on any atom is -0.493 e. The van der Waals surface area contributed by atoms with Crippen LogP contribution in [0.3, 0.4) is 0 Å². The van der Waals surface area contributed by atoms with Gasteiger partial charge in [-0.15, -0.1) is 0 Å². The molecule has 1 aliphatic rings.